The predicted octanol–water partition coefficient (Wildman–Crippen LogP) is 4.88. The van der Waals surface area contributed by atoms with E-state index in [0.29, 0.717) is 0 Å². The molecule has 21 heavy (non-hydrogen) atoms. The van der Waals surface area contributed by atoms with Crippen molar-refractivity contribution in [1.82, 2.24) is 5.32 Å². The van der Waals surface area contributed by atoms with Crippen LogP contribution in [0.1, 0.15) is 37.2 Å². The van der Waals surface area contributed by atoms with Gasteiger partial charge in [0.15, 0.2) is 0 Å². The Balaban J connectivity index is 2.13. The van der Waals surface area contributed by atoms with Crippen LogP contribution in [0.2, 0.25) is 0 Å². The minimum Gasteiger partial charge on any atom is -0.365 e. The molecule has 0 heterocycles. The number of hydrogen-bond acceptors (Lipinski definition) is 2. The minimum atomic E-state index is 0.0395. The van der Waals surface area contributed by atoms with Crippen LogP contribution in [0.5, 0.6) is 0 Å². The molecule has 0 aliphatic carbocycles. The fourth-order valence-electron chi connectivity index (χ4n) is 2.28. The highest BCUT2D eigenvalue weighted by molar-refractivity contribution is 9.10. The summed E-state index contributed by atoms with van der Waals surface area (Å²) in [6.07, 6.45) is 0.103. The van der Waals surface area contributed by atoms with Crippen LogP contribution in [0.25, 0.3) is 0 Å². The van der Waals surface area contributed by atoms with Crippen molar-refractivity contribution in [3.05, 3.63) is 70.2 Å². The number of ether oxygens (including phenoxy) is 1. The number of benzene rings is 2. The molecular weight excluding hydrogens is 326 g/mol. The maximum absolute atomic E-state index is 6.30. The summed E-state index contributed by atoms with van der Waals surface area (Å²) in [5.74, 6) is 0. The summed E-state index contributed by atoms with van der Waals surface area (Å²) in [6, 6.07) is 18.7. The number of halogens is 1. The normalized spacial score (nSPS) is 13.9. The first-order valence-electron chi connectivity index (χ1n) is 7.37. The third-order valence-corrected chi connectivity index (χ3v) is 3.93. The average molecular weight is 348 g/mol. The second-order valence-electron chi connectivity index (χ2n) is 5.04. The Morgan fingerprint density at radius 3 is 2.43 bits per heavy atom. The lowest BCUT2D eigenvalue weighted by Crippen LogP contribution is -2.24. The summed E-state index contributed by atoms with van der Waals surface area (Å²) in [5.41, 5.74) is 2.39. The first-order valence-corrected chi connectivity index (χ1v) is 8.16. The van der Waals surface area contributed by atoms with Crippen molar-refractivity contribution in [1.29, 1.82) is 0 Å². The maximum Gasteiger partial charge on any atom is 0.0957 e. The van der Waals surface area contributed by atoms with Gasteiger partial charge in [-0.3, -0.25) is 0 Å². The second kappa shape index (κ2) is 8.32. The SMILES string of the molecule is CCNCC(OC(C)c1ccccc1)c1cccc(Br)c1. The van der Waals surface area contributed by atoms with Gasteiger partial charge in [-0.15, -0.1) is 0 Å². The highest BCUT2D eigenvalue weighted by Gasteiger charge is 2.16. The number of hydrogen-bond donors (Lipinski definition) is 1. The van der Waals surface area contributed by atoms with Gasteiger partial charge >= 0.3 is 0 Å². The molecule has 0 bridgehead atoms. The molecule has 0 aromatic heterocycles. The molecule has 112 valence electrons. The highest BCUT2D eigenvalue weighted by Crippen LogP contribution is 2.27. The van der Waals surface area contributed by atoms with Crippen LogP contribution >= 0.6 is 15.9 Å². The van der Waals surface area contributed by atoms with Gasteiger partial charge in [0.2, 0.25) is 0 Å². The summed E-state index contributed by atoms with van der Waals surface area (Å²) in [4.78, 5) is 0. The third-order valence-electron chi connectivity index (χ3n) is 3.44. The van der Waals surface area contributed by atoms with E-state index in [9.17, 15) is 0 Å². The highest BCUT2D eigenvalue weighted by atomic mass is 79.9. The molecule has 0 saturated carbocycles. The minimum absolute atomic E-state index is 0.0395. The molecule has 2 rings (SSSR count). The van der Waals surface area contributed by atoms with Crippen molar-refractivity contribution in [2.24, 2.45) is 0 Å². The van der Waals surface area contributed by atoms with E-state index >= 15 is 0 Å². The van der Waals surface area contributed by atoms with Gasteiger partial charge in [0.05, 0.1) is 12.2 Å². The Morgan fingerprint density at radius 1 is 1.05 bits per heavy atom. The zero-order valence-electron chi connectivity index (χ0n) is 12.6. The van der Waals surface area contributed by atoms with E-state index < -0.39 is 0 Å². The Hall–Kier alpha value is -1.16. The molecule has 2 atom stereocenters. The smallest absolute Gasteiger partial charge is 0.0957 e. The van der Waals surface area contributed by atoms with Crippen LogP contribution in [-0.2, 0) is 4.74 Å². The maximum atomic E-state index is 6.30. The van der Waals surface area contributed by atoms with Gasteiger partial charge in [0, 0.05) is 11.0 Å². The van der Waals surface area contributed by atoms with E-state index in [1.54, 1.807) is 0 Å². The molecule has 3 heteroatoms. The summed E-state index contributed by atoms with van der Waals surface area (Å²) < 4.78 is 7.38. The van der Waals surface area contributed by atoms with Gasteiger partial charge < -0.3 is 10.1 Å². The fourth-order valence-corrected chi connectivity index (χ4v) is 2.69. The zero-order valence-corrected chi connectivity index (χ0v) is 14.1. The van der Waals surface area contributed by atoms with Crippen molar-refractivity contribution in [2.45, 2.75) is 26.1 Å². The Labute approximate surface area is 135 Å². The summed E-state index contributed by atoms with van der Waals surface area (Å²) in [5, 5.41) is 3.38. The largest absolute Gasteiger partial charge is 0.365 e. The van der Waals surface area contributed by atoms with Gasteiger partial charge in [0.1, 0.15) is 0 Å². The summed E-state index contributed by atoms with van der Waals surface area (Å²) in [7, 11) is 0. The first-order chi connectivity index (χ1) is 10.2. The topological polar surface area (TPSA) is 21.3 Å². The van der Waals surface area contributed by atoms with E-state index in [1.165, 1.54) is 11.1 Å². The molecule has 0 radical (unpaired) electrons. The molecule has 0 aliphatic rings. The third kappa shape index (κ3) is 4.95. The molecular formula is C18H22BrNO. The summed E-state index contributed by atoms with van der Waals surface area (Å²) >= 11 is 3.53. The molecule has 2 aromatic rings. The molecule has 2 aromatic carbocycles. The average Bonchev–Trinajstić information content (AvgIpc) is 2.52. The Kier molecular flexibility index (Phi) is 6.43. The fraction of sp³-hybridized carbons (Fsp3) is 0.333. The molecule has 1 N–H and O–H groups in total. The van der Waals surface area contributed by atoms with Crippen LogP contribution in [0.4, 0.5) is 0 Å². The monoisotopic (exact) mass is 347 g/mol. The molecule has 0 spiro atoms. The standard InChI is InChI=1S/C18H22BrNO/c1-3-20-13-18(16-10-7-11-17(19)12-16)21-14(2)15-8-5-4-6-9-15/h4-12,14,18,20H,3,13H2,1-2H3. The number of likely N-dealkylation sites (N-methyl/N-ethyl adjacent to an activating group) is 1. The van der Waals surface area contributed by atoms with Crippen molar-refractivity contribution < 1.29 is 4.74 Å². The quantitative estimate of drug-likeness (QED) is 0.770. The van der Waals surface area contributed by atoms with Crippen LogP contribution < -0.4 is 5.32 Å². The van der Waals surface area contributed by atoms with Crippen LogP contribution in [0, 0.1) is 0 Å². The summed E-state index contributed by atoms with van der Waals surface area (Å²) in [6.45, 7) is 5.96. The van der Waals surface area contributed by atoms with Crippen LogP contribution in [-0.4, -0.2) is 13.1 Å². The number of nitrogens with one attached hydrogen (secondary N) is 1. The van der Waals surface area contributed by atoms with E-state index in [0.717, 1.165) is 17.6 Å². The lowest BCUT2D eigenvalue weighted by molar-refractivity contribution is -0.00412. The van der Waals surface area contributed by atoms with Crippen molar-refractivity contribution in [3.8, 4) is 0 Å². The molecule has 0 amide bonds. The molecule has 2 unspecified atom stereocenters. The van der Waals surface area contributed by atoms with E-state index in [1.807, 2.05) is 24.3 Å². The van der Waals surface area contributed by atoms with Gasteiger partial charge in [-0.05, 0) is 36.7 Å². The van der Waals surface area contributed by atoms with Gasteiger partial charge in [-0.1, -0.05) is 65.3 Å². The van der Waals surface area contributed by atoms with Gasteiger partial charge in [-0.2, -0.15) is 0 Å². The van der Waals surface area contributed by atoms with Crippen molar-refractivity contribution in [2.75, 3.05) is 13.1 Å². The van der Waals surface area contributed by atoms with Crippen LogP contribution in [0.15, 0.2) is 59.1 Å². The van der Waals surface area contributed by atoms with E-state index in [-0.39, 0.29) is 12.2 Å². The van der Waals surface area contributed by atoms with Crippen LogP contribution in [0.3, 0.4) is 0 Å². The first kappa shape index (κ1) is 16.2. The van der Waals surface area contributed by atoms with E-state index in [2.05, 4.69) is 65.4 Å². The Morgan fingerprint density at radius 2 is 1.76 bits per heavy atom. The lowest BCUT2D eigenvalue weighted by atomic mass is 10.1. The second-order valence-corrected chi connectivity index (χ2v) is 5.96. The zero-order chi connectivity index (χ0) is 15.1. The predicted molar refractivity (Wildman–Crippen MR) is 91.4 cm³/mol. The molecule has 2 nitrogen and oxygen atoms in total. The molecule has 0 aliphatic heterocycles. The van der Waals surface area contributed by atoms with Gasteiger partial charge in [-0.25, -0.2) is 0 Å². The molecule has 0 fully saturated rings. The number of rotatable bonds is 7. The van der Waals surface area contributed by atoms with Crippen molar-refractivity contribution >= 4 is 15.9 Å². The molecule has 0 saturated heterocycles. The van der Waals surface area contributed by atoms with Gasteiger partial charge in [0.25, 0.3) is 0 Å². The Bertz CT molecular complexity index is 544. The van der Waals surface area contributed by atoms with Crippen molar-refractivity contribution in [3.63, 3.8) is 0 Å². The lowest BCUT2D eigenvalue weighted by Gasteiger charge is -2.24. The van der Waals surface area contributed by atoms with E-state index in [4.69, 9.17) is 4.74 Å².